The Morgan fingerprint density at radius 1 is 1.21 bits per heavy atom. The Labute approximate surface area is 190 Å². The van der Waals surface area contributed by atoms with Gasteiger partial charge in [0.1, 0.15) is 17.0 Å². The van der Waals surface area contributed by atoms with Crippen LogP contribution in [-0.2, 0) is 17.6 Å². The van der Waals surface area contributed by atoms with Crippen LogP contribution in [0.25, 0.3) is 0 Å². The summed E-state index contributed by atoms with van der Waals surface area (Å²) in [7, 11) is 0. The van der Waals surface area contributed by atoms with Crippen LogP contribution in [0, 0.1) is 10.1 Å². The molecule has 10 nitrogen and oxygen atoms in total. The number of aliphatic hydroxyl groups excluding tert-OH is 1. The van der Waals surface area contributed by atoms with Crippen molar-refractivity contribution in [2.24, 2.45) is 5.73 Å². The number of hydrogen-bond donors (Lipinski definition) is 3. The van der Waals surface area contributed by atoms with Gasteiger partial charge in [-0.05, 0) is 56.0 Å². The molecule has 4 N–H and O–H groups in total. The third-order valence-corrected chi connectivity index (χ3v) is 5.66. The topological polar surface area (TPSA) is 146 Å². The molecule has 10 heteroatoms. The Morgan fingerprint density at radius 2 is 1.91 bits per heavy atom. The molecule has 0 aromatic heterocycles. The van der Waals surface area contributed by atoms with Gasteiger partial charge in [0.05, 0.1) is 23.5 Å². The molecule has 33 heavy (non-hydrogen) atoms. The summed E-state index contributed by atoms with van der Waals surface area (Å²) in [6, 6.07) is 8.52. The van der Waals surface area contributed by atoms with E-state index in [0.717, 1.165) is 0 Å². The number of nitrogens with two attached hydrogens (primary N) is 1. The van der Waals surface area contributed by atoms with Gasteiger partial charge in [-0.25, -0.2) is 0 Å². The minimum absolute atomic E-state index is 0.0109. The highest BCUT2D eigenvalue weighted by Gasteiger charge is 2.37. The molecule has 2 aromatic carbocycles. The van der Waals surface area contributed by atoms with Crippen molar-refractivity contribution in [3.05, 3.63) is 51.6 Å². The van der Waals surface area contributed by atoms with Gasteiger partial charge >= 0.3 is 0 Å². The number of hydrogen-bond acceptors (Lipinski definition) is 8. The minimum Gasteiger partial charge on any atom is -0.485 e. The lowest BCUT2D eigenvalue weighted by molar-refractivity contribution is -0.384. The van der Waals surface area contributed by atoms with Crippen LogP contribution in [0.2, 0.25) is 0 Å². The Balaban J connectivity index is 0.000000586. The van der Waals surface area contributed by atoms with E-state index >= 15 is 0 Å². The monoisotopic (exact) mass is 457 g/mol. The molecule has 1 amide bonds. The summed E-state index contributed by atoms with van der Waals surface area (Å²) < 4.78 is 16.3. The van der Waals surface area contributed by atoms with Crippen LogP contribution in [0.15, 0.2) is 30.3 Å². The summed E-state index contributed by atoms with van der Waals surface area (Å²) >= 11 is 0. The fourth-order valence-electron chi connectivity index (χ4n) is 3.45. The number of aliphatic hydroxyl groups is 1. The molecular weight excluding hydrogens is 430 g/mol. The minimum atomic E-state index is -0.856. The number of carbonyl (C=O) groups excluding carboxylic acids is 1. The molecule has 2 aromatic rings. The van der Waals surface area contributed by atoms with Crippen LogP contribution >= 0.6 is 0 Å². The molecule has 1 saturated carbocycles. The standard InChI is InChI=1S/C20H20N2O7.C3H7N/c1-20(2)18(23)8-12-7-13(14(22(25)26)9-16(12)29-20)21-19(24)6-11-3-4-15-17(5-11)28-10-27-15;4-3-1-2-3/h3-5,7,9,18,23H,6,8,10H2,1-2H3,(H,21,24);3H,1-2,4H2. The molecular formula is C23H27N3O7. The van der Waals surface area contributed by atoms with Crippen molar-refractivity contribution in [2.45, 2.75) is 57.3 Å². The fraction of sp³-hybridized carbons (Fsp3) is 0.435. The lowest BCUT2D eigenvalue weighted by Gasteiger charge is -2.37. The first-order valence-corrected chi connectivity index (χ1v) is 10.7. The molecule has 2 aliphatic heterocycles. The smallest absolute Gasteiger partial charge is 0.296 e. The van der Waals surface area contributed by atoms with E-state index in [1.165, 1.54) is 25.0 Å². The summed E-state index contributed by atoms with van der Waals surface area (Å²) in [6.07, 6.45) is 2.04. The van der Waals surface area contributed by atoms with Crippen LogP contribution in [-0.4, -0.2) is 40.5 Å². The van der Waals surface area contributed by atoms with E-state index in [9.17, 15) is 20.0 Å². The van der Waals surface area contributed by atoms with Crippen molar-refractivity contribution in [3.63, 3.8) is 0 Å². The summed E-state index contributed by atoms with van der Waals surface area (Å²) in [6.45, 7) is 3.57. The number of nitro benzene ring substituents is 1. The Kier molecular flexibility index (Phi) is 6.13. The number of anilines is 1. The number of carbonyl (C=O) groups is 1. The van der Waals surface area contributed by atoms with Crippen LogP contribution in [0.1, 0.15) is 37.8 Å². The maximum Gasteiger partial charge on any atom is 0.296 e. The lowest BCUT2D eigenvalue weighted by atomic mass is 9.90. The van der Waals surface area contributed by atoms with Gasteiger partial charge in [0, 0.05) is 12.5 Å². The summed E-state index contributed by atoms with van der Waals surface area (Å²) in [4.78, 5) is 23.5. The molecule has 0 bridgehead atoms. The highest BCUT2D eigenvalue weighted by atomic mass is 16.7. The van der Waals surface area contributed by atoms with Crippen LogP contribution in [0.4, 0.5) is 11.4 Å². The third kappa shape index (κ3) is 5.35. The predicted octanol–water partition coefficient (Wildman–Crippen LogP) is 2.69. The molecule has 1 fully saturated rings. The van der Waals surface area contributed by atoms with Gasteiger partial charge in [-0.15, -0.1) is 0 Å². The van der Waals surface area contributed by atoms with Gasteiger partial charge in [-0.2, -0.15) is 0 Å². The summed E-state index contributed by atoms with van der Waals surface area (Å²) in [5.74, 6) is 1.09. The van der Waals surface area contributed by atoms with Crippen molar-refractivity contribution in [1.82, 2.24) is 0 Å². The van der Waals surface area contributed by atoms with Crippen LogP contribution < -0.4 is 25.3 Å². The fourth-order valence-corrected chi connectivity index (χ4v) is 3.45. The number of nitro groups is 1. The van der Waals surface area contributed by atoms with E-state index in [1.807, 2.05) is 0 Å². The maximum atomic E-state index is 12.5. The molecule has 2 heterocycles. The molecule has 0 spiro atoms. The van der Waals surface area contributed by atoms with E-state index < -0.39 is 22.5 Å². The van der Waals surface area contributed by atoms with E-state index in [4.69, 9.17) is 19.9 Å². The molecule has 5 rings (SSSR count). The average molecular weight is 457 g/mol. The number of amides is 1. The zero-order valence-corrected chi connectivity index (χ0v) is 18.5. The van der Waals surface area contributed by atoms with Crippen LogP contribution in [0.3, 0.4) is 0 Å². The SMILES string of the molecule is CC1(C)Oc2cc([N+](=O)[O-])c(NC(=O)Cc3ccc4c(c3)OCO4)cc2CC1O.NC1CC1. The predicted molar refractivity (Wildman–Crippen MR) is 120 cm³/mol. The average Bonchev–Trinajstić information content (AvgIpc) is 3.37. The number of rotatable bonds is 4. The van der Waals surface area contributed by atoms with Gasteiger partial charge in [0.2, 0.25) is 12.7 Å². The Hall–Kier alpha value is -3.37. The van der Waals surface area contributed by atoms with Gasteiger partial charge < -0.3 is 30.4 Å². The molecule has 1 unspecified atom stereocenters. The zero-order chi connectivity index (χ0) is 23.8. The molecule has 176 valence electrons. The number of nitrogens with zero attached hydrogens (tertiary/aromatic N) is 1. The van der Waals surface area contributed by atoms with Gasteiger partial charge in [0.15, 0.2) is 11.5 Å². The van der Waals surface area contributed by atoms with Crippen molar-refractivity contribution in [3.8, 4) is 17.2 Å². The largest absolute Gasteiger partial charge is 0.485 e. The second-order valence-corrected chi connectivity index (χ2v) is 8.91. The summed E-state index contributed by atoms with van der Waals surface area (Å²) in [5, 5.41) is 24.4. The van der Waals surface area contributed by atoms with Gasteiger partial charge in [-0.3, -0.25) is 14.9 Å². The quantitative estimate of drug-likeness (QED) is 0.469. The highest BCUT2D eigenvalue weighted by molar-refractivity contribution is 5.95. The Morgan fingerprint density at radius 3 is 2.58 bits per heavy atom. The summed E-state index contributed by atoms with van der Waals surface area (Å²) in [5.41, 5.74) is 5.45. The number of fused-ring (bicyclic) bond motifs is 2. The first-order valence-electron chi connectivity index (χ1n) is 10.7. The van der Waals surface area contributed by atoms with E-state index in [-0.39, 0.29) is 31.0 Å². The maximum absolute atomic E-state index is 12.5. The number of nitrogens with one attached hydrogen (secondary N) is 1. The first-order chi connectivity index (χ1) is 15.6. The number of benzene rings is 2. The molecule has 0 radical (unpaired) electrons. The zero-order valence-electron chi connectivity index (χ0n) is 18.5. The first kappa shape index (κ1) is 22.8. The molecule has 1 aliphatic carbocycles. The Bertz CT molecular complexity index is 1080. The van der Waals surface area contributed by atoms with E-state index in [1.54, 1.807) is 32.0 Å². The molecule has 3 aliphatic rings. The normalized spacial score (nSPS) is 19.5. The second kappa shape index (κ2) is 8.87. The number of ether oxygens (including phenoxy) is 3. The van der Waals surface area contributed by atoms with Gasteiger partial charge in [-0.1, -0.05) is 6.07 Å². The van der Waals surface area contributed by atoms with Crippen molar-refractivity contribution < 1.29 is 29.0 Å². The van der Waals surface area contributed by atoms with Crippen molar-refractivity contribution in [1.29, 1.82) is 0 Å². The molecule has 0 saturated heterocycles. The van der Waals surface area contributed by atoms with E-state index in [2.05, 4.69) is 5.32 Å². The van der Waals surface area contributed by atoms with E-state index in [0.29, 0.717) is 34.4 Å². The van der Waals surface area contributed by atoms with Crippen molar-refractivity contribution >= 4 is 17.3 Å². The van der Waals surface area contributed by atoms with Crippen molar-refractivity contribution in [2.75, 3.05) is 12.1 Å². The van der Waals surface area contributed by atoms with Crippen LogP contribution in [0.5, 0.6) is 17.2 Å². The second-order valence-electron chi connectivity index (χ2n) is 8.91. The molecule has 1 atom stereocenters. The highest BCUT2D eigenvalue weighted by Crippen LogP contribution is 2.40. The lowest BCUT2D eigenvalue weighted by Crippen LogP contribution is -2.46. The third-order valence-electron chi connectivity index (χ3n) is 5.66. The van der Waals surface area contributed by atoms with Gasteiger partial charge in [0.25, 0.3) is 5.69 Å².